The SMILES string of the molecule is FC(F)(F)c1cc(Cl)ccc1NCc1cccc(Br)n1. The lowest BCUT2D eigenvalue weighted by Crippen LogP contribution is -2.11. The number of benzene rings is 1. The molecule has 2 aromatic rings. The fraction of sp³-hybridized carbons (Fsp3) is 0.154. The smallest absolute Gasteiger partial charge is 0.379 e. The number of nitrogens with one attached hydrogen (secondary N) is 1. The molecule has 0 atom stereocenters. The third kappa shape index (κ3) is 3.86. The number of hydrogen-bond donors (Lipinski definition) is 1. The maximum absolute atomic E-state index is 12.9. The standard InChI is InChI=1S/C13H9BrClF3N2/c14-12-3-1-2-9(20-12)7-19-11-5-4-8(15)6-10(11)13(16,17)18/h1-6,19H,7H2. The second-order valence-electron chi connectivity index (χ2n) is 3.99. The number of rotatable bonds is 3. The van der Waals surface area contributed by atoms with Crippen LogP contribution in [0.3, 0.4) is 0 Å². The van der Waals surface area contributed by atoms with Crippen molar-refractivity contribution in [3.8, 4) is 0 Å². The normalized spacial score (nSPS) is 11.4. The molecule has 0 bridgehead atoms. The summed E-state index contributed by atoms with van der Waals surface area (Å²) in [5, 5.41) is 2.77. The molecule has 0 aliphatic rings. The van der Waals surface area contributed by atoms with Gasteiger partial charge in [0.1, 0.15) is 4.60 Å². The van der Waals surface area contributed by atoms with Gasteiger partial charge in [0, 0.05) is 10.7 Å². The molecule has 0 radical (unpaired) electrons. The van der Waals surface area contributed by atoms with Crippen LogP contribution in [-0.4, -0.2) is 4.98 Å². The predicted octanol–water partition coefficient (Wildman–Crippen LogP) is 5.13. The molecule has 0 saturated carbocycles. The minimum atomic E-state index is -4.46. The molecule has 0 unspecified atom stereocenters. The van der Waals surface area contributed by atoms with E-state index in [1.165, 1.54) is 12.1 Å². The molecule has 0 saturated heterocycles. The fourth-order valence-corrected chi connectivity index (χ4v) is 2.19. The Balaban J connectivity index is 2.21. The van der Waals surface area contributed by atoms with Gasteiger partial charge in [-0.1, -0.05) is 17.7 Å². The van der Waals surface area contributed by atoms with Crippen LogP contribution in [-0.2, 0) is 12.7 Å². The van der Waals surface area contributed by atoms with Crippen molar-refractivity contribution in [1.82, 2.24) is 4.98 Å². The Kier molecular flexibility index (Phi) is 4.55. The summed E-state index contributed by atoms with van der Waals surface area (Å²) in [5.41, 5.74) is -0.189. The maximum atomic E-state index is 12.9. The summed E-state index contributed by atoms with van der Waals surface area (Å²) in [6.45, 7) is 0.185. The van der Waals surface area contributed by atoms with Gasteiger partial charge in [-0.3, -0.25) is 0 Å². The van der Waals surface area contributed by atoms with Crippen LogP contribution in [0.15, 0.2) is 41.0 Å². The molecule has 2 nitrogen and oxygen atoms in total. The zero-order chi connectivity index (χ0) is 14.8. The fourth-order valence-electron chi connectivity index (χ4n) is 1.64. The van der Waals surface area contributed by atoms with Crippen molar-refractivity contribution in [2.45, 2.75) is 12.7 Å². The van der Waals surface area contributed by atoms with E-state index in [-0.39, 0.29) is 17.3 Å². The number of halogens is 5. The van der Waals surface area contributed by atoms with Crippen molar-refractivity contribution in [3.05, 3.63) is 57.3 Å². The zero-order valence-electron chi connectivity index (χ0n) is 10.0. The molecule has 0 spiro atoms. The van der Waals surface area contributed by atoms with Gasteiger partial charge in [-0.15, -0.1) is 0 Å². The first kappa shape index (κ1) is 15.1. The van der Waals surface area contributed by atoms with Crippen LogP contribution in [0.4, 0.5) is 18.9 Å². The summed E-state index contributed by atoms with van der Waals surface area (Å²) < 4.78 is 39.3. The Labute approximate surface area is 127 Å². The van der Waals surface area contributed by atoms with Crippen molar-refractivity contribution >= 4 is 33.2 Å². The molecule has 1 aromatic carbocycles. The molecular weight excluding hydrogens is 357 g/mol. The largest absolute Gasteiger partial charge is 0.418 e. The highest BCUT2D eigenvalue weighted by atomic mass is 79.9. The third-order valence-electron chi connectivity index (χ3n) is 2.52. The quantitative estimate of drug-likeness (QED) is 0.763. The lowest BCUT2D eigenvalue weighted by atomic mass is 10.1. The van der Waals surface area contributed by atoms with E-state index in [4.69, 9.17) is 11.6 Å². The Morgan fingerprint density at radius 3 is 2.60 bits per heavy atom. The lowest BCUT2D eigenvalue weighted by molar-refractivity contribution is -0.136. The zero-order valence-corrected chi connectivity index (χ0v) is 12.4. The molecule has 0 amide bonds. The van der Waals surface area contributed by atoms with Gasteiger partial charge in [-0.05, 0) is 46.3 Å². The third-order valence-corrected chi connectivity index (χ3v) is 3.20. The average Bonchev–Trinajstić information content (AvgIpc) is 2.36. The van der Waals surface area contributed by atoms with Crippen LogP contribution in [0.25, 0.3) is 0 Å². The Hall–Kier alpha value is -1.27. The van der Waals surface area contributed by atoms with Gasteiger partial charge in [-0.2, -0.15) is 13.2 Å². The van der Waals surface area contributed by atoms with Crippen molar-refractivity contribution in [2.24, 2.45) is 0 Å². The predicted molar refractivity (Wildman–Crippen MR) is 75.7 cm³/mol. The first-order valence-corrected chi connectivity index (χ1v) is 6.75. The number of pyridine rings is 1. The van der Waals surface area contributed by atoms with E-state index in [2.05, 4.69) is 26.2 Å². The minimum Gasteiger partial charge on any atom is -0.379 e. The van der Waals surface area contributed by atoms with E-state index in [1.807, 2.05) is 0 Å². The topological polar surface area (TPSA) is 24.9 Å². The molecule has 20 heavy (non-hydrogen) atoms. The van der Waals surface area contributed by atoms with E-state index in [0.717, 1.165) is 6.07 Å². The molecule has 1 heterocycles. The highest BCUT2D eigenvalue weighted by Gasteiger charge is 2.33. The van der Waals surface area contributed by atoms with Crippen LogP contribution >= 0.6 is 27.5 Å². The summed E-state index contributed by atoms with van der Waals surface area (Å²) in [7, 11) is 0. The molecule has 1 aromatic heterocycles. The highest BCUT2D eigenvalue weighted by Crippen LogP contribution is 2.36. The first-order chi connectivity index (χ1) is 9.36. The average molecular weight is 366 g/mol. The van der Waals surface area contributed by atoms with Crippen molar-refractivity contribution in [1.29, 1.82) is 0 Å². The molecular formula is C13H9BrClF3N2. The first-order valence-electron chi connectivity index (χ1n) is 5.58. The van der Waals surface area contributed by atoms with Gasteiger partial charge in [-0.25, -0.2) is 4.98 Å². The van der Waals surface area contributed by atoms with E-state index in [0.29, 0.717) is 10.3 Å². The molecule has 2 rings (SSSR count). The molecule has 106 valence electrons. The van der Waals surface area contributed by atoms with E-state index < -0.39 is 11.7 Å². The van der Waals surface area contributed by atoms with E-state index in [1.54, 1.807) is 18.2 Å². The van der Waals surface area contributed by atoms with Crippen LogP contribution in [0, 0.1) is 0 Å². The van der Waals surface area contributed by atoms with Crippen molar-refractivity contribution in [3.63, 3.8) is 0 Å². The number of anilines is 1. The minimum absolute atomic E-state index is 0.0244. The number of nitrogens with zero attached hydrogens (tertiary/aromatic N) is 1. The lowest BCUT2D eigenvalue weighted by Gasteiger charge is -2.14. The van der Waals surface area contributed by atoms with Crippen LogP contribution in [0.2, 0.25) is 5.02 Å². The summed E-state index contributed by atoms with van der Waals surface area (Å²) in [6.07, 6.45) is -4.46. The molecule has 0 fully saturated rings. The molecule has 0 aliphatic carbocycles. The molecule has 1 N–H and O–H groups in total. The van der Waals surface area contributed by atoms with Gasteiger partial charge in [0.2, 0.25) is 0 Å². The monoisotopic (exact) mass is 364 g/mol. The van der Waals surface area contributed by atoms with Crippen LogP contribution < -0.4 is 5.32 Å². The highest BCUT2D eigenvalue weighted by molar-refractivity contribution is 9.10. The van der Waals surface area contributed by atoms with Crippen molar-refractivity contribution in [2.75, 3.05) is 5.32 Å². The van der Waals surface area contributed by atoms with Gasteiger partial charge in [0.05, 0.1) is 17.8 Å². The summed E-state index contributed by atoms with van der Waals surface area (Å²) >= 11 is 8.82. The van der Waals surface area contributed by atoms with Gasteiger partial charge < -0.3 is 5.32 Å². The summed E-state index contributed by atoms with van der Waals surface area (Å²) in [6, 6.07) is 8.85. The van der Waals surface area contributed by atoms with E-state index >= 15 is 0 Å². The Morgan fingerprint density at radius 1 is 1.20 bits per heavy atom. The van der Waals surface area contributed by atoms with Gasteiger partial charge >= 0.3 is 6.18 Å². The second kappa shape index (κ2) is 6.01. The van der Waals surface area contributed by atoms with Gasteiger partial charge in [0.15, 0.2) is 0 Å². The van der Waals surface area contributed by atoms with E-state index in [9.17, 15) is 13.2 Å². The van der Waals surface area contributed by atoms with Gasteiger partial charge in [0.25, 0.3) is 0 Å². The summed E-state index contributed by atoms with van der Waals surface area (Å²) in [5.74, 6) is 0. The maximum Gasteiger partial charge on any atom is 0.418 e. The van der Waals surface area contributed by atoms with Crippen LogP contribution in [0.1, 0.15) is 11.3 Å². The Morgan fingerprint density at radius 2 is 1.95 bits per heavy atom. The second-order valence-corrected chi connectivity index (χ2v) is 5.24. The Bertz CT molecular complexity index is 617. The molecule has 0 aliphatic heterocycles. The summed E-state index contributed by atoms with van der Waals surface area (Å²) in [4.78, 5) is 4.14. The number of aromatic nitrogens is 1. The molecule has 7 heteroatoms. The van der Waals surface area contributed by atoms with Crippen molar-refractivity contribution < 1.29 is 13.2 Å². The number of alkyl halides is 3. The number of hydrogen-bond acceptors (Lipinski definition) is 2. The van der Waals surface area contributed by atoms with Crippen LogP contribution in [0.5, 0.6) is 0 Å².